The molecular formula is C37H28N2. The number of nitrogens with zero attached hydrogens (tertiary/aromatic N) is 2. The van der Waals surface area contributed by atoms with Gasteiger partial charge < -0.3 is 9.13 Å². The van der Waals surface area contributed by atoms with Crippen LogP contribution < -0.4 is 0 Å². The average molecular weight is 501 g/mol. The van der Waals surface area contributed by atoms with E-state index < -0.39 is 0 Å². The topological polar surface area (TPSA) is 9.86 Å². The first-order chi connectivity index (χ1) is 19.4. The summed E-state index contributed by atoms with van der Waals surface area (Å²) in [7, 11) is 0. The average Bonchev–Trinajstić information content (AvgIpc) is 3.38. The van der Waals surface area contributed by atoms with Crippen molar-refractivity contribution in [2.75, 3.05) is 0 Å². The van der Waals surface area contributed by atoms with Gasteiger partial charge in [0, 0.05) is 27.8 Å². The van der Waals surface area contributed by atoms with E-state index in [0.29, 0.717) is 0 Å². The highest BCUT2D eigenvalue weighted by Crippen LogP contribution is 2.37. The first kappa shape index (κ1) is 22.2. The number of rotatable bonds is 3. The zero-order valence-corrected chi connectivity index (χ0v) is 21.7. The van der Waals surface area contributed by atoms with Crippen LogP contribution in [-0.4, -0.2) is 9.13 Å². The third-order valence-corrected chi connectivity index (χ3v) is 8.24. The summed E-state index contributed by atoms with van der Waals surface area (Å²) >= 11 is 0. The second kappa shape index (κ2) is 8.89. The van der Waals surface area contributed by atoms with E-state index >= 15 is 0 Å². The summed E-state index contributed by atoms with van der Waals surface area (Å²) in [4.78, 5) is 0. The predicted molar refractivity (Wildman–Crippen MR) is 165 cm³/mol. The van der Waals surface area contributed by atoms with E-state index in [1.54, 1.807) is 0 Å². The van der Waals surface area contributed by atoms with E-state index in [4.69, 9.17) is 0 Å². The standard InChI is InChI=1S/C37H28N2/c1-3-13-28(14-4-1)38-36-19-6-2-5-16-32(36)33-25-27(22-23-37(33)38)26-12-11-15-29(24-26)39-34-20-9-7-17-30(34)31-18-8-10-21-35(31)39/h1-7,9-15,17,19-25H,8,16,18H2. The molecule has 2 heteroatoms. The molecule has 0 aliphatic heterocycles. The van der Waals surface area contributed by atoms with Crippen molar-refractivity contribution < 1.29 is 0 Å². The van der Waals surface area contributed by atoms with Crippen LogP contribution in [0.3, 0.4) is 0 Å². The maximum atomic E-state index is 2.44. The molecule has 0 unspecified atom stereocenters. The summed E-state index contributed by atoms with van der Waals surface area (Å²) < 4.78 is 4.84. The third kappa shape index (κ3) is 3.49. The highest BCUT2D eigenvalue weighted by Gasteiger charge is 2.20. The molecule has 0 spiro atoms. The molecule has 0 radical (unpaired) electrons. The van der Waals surface area contributed by atoms with Gasteiger partial charge >= 0.3 is 0 Å². The quantitative estimate of drug-likeness (QED) is 0.229. The number of para-hydroxylation sites is 2. The lowest BCUT2D eigenvalue weighted by molar-refractivity contribution is 0.968. The molecule has 6 aromatic rings. The molecule has 0 N–H and O–H groups in total. The molecule has 39 heavy (non-hydrogen) atoms. The van der Waals surface area contributed by atoms with Gasteiger partial charge in [0.25, 0.3) is 0 Å². The molecule has 4 aromatic carbocycles. The summed E-state index contributed by atoms with van der Waals surface area (Å²) in [6.45, 7) is 0. The summed E-state index contributed by atoms with van der Waals surface area (Å²) in [5, 5.41) is 2.69. The number of allylic oxidation sites excluding steroid dienone is 4. The minimum absolute atomic E-state index is 0.927. The van der Waals surface area contributed by atoms with Crippen molar-refractivity contribution >= 4 is 34.0 Å². The number of hydrogen-bond acceptors (Lipinski definition) is 0. The van der Waals surface area contributed by atoms with Gasteiger partial charge in [-0.3, -0.25) is 0 Å². The first-order valence-corrected chi connectivity index (χ1v) is 13.8. The van der Waals surface area contributed by atoms with E-state index in [1.165, 1.54) is 66.8 Å². The Balaban J connectivity index is 1.31. The smallest absolute Gasteiger partial charge is 0.0538 e. The molecule has 2 aromatic heterocycles. The van der Waals surface area contributed by atoms with Crippen molar-refractivity contribution in [1.82, 2.24) is 9.13 Å². The highest BCUT2D eigenvalue weighted by atomic mass is 15.0. The van der Waals surface area contributed by atoms with Gasteiger partial charge in [-0.05, 0) is 96.1 Å². The van der Waals surface area contributed by atoms with Crippen LogP contribution in [0.4, 0.5) is 0 Å². The molecule has 8 rings (SSSR count). The van der Waals surface area contributed by atoms with Crippen LogP contribution in [0.25, 0.3) is 56.5 Å². The highest BCUT2D eigenvalue weighted by molar-refractivity contribution is 5.94. The van der Waals surface area contributed by atoms with Crippen LogP contribution in [-0.2, 0) is 12.8 Å². The second-order valence-corrected chi connectivity index (χ2v) is 10.5. The van der Waals surface area contributed by atoms with Gasteiger partial charge in [0.1, 0.15) is 0 Å². The Hall–Kier alpha value is -4.82. The van der Waals surface area contributed by atoms with E-state index in [2.05, 4.69) is 143 Å². The van der Waals surface area contributed by atoms with Gasteiger partial charge in [0.15, 0.2) is 0 Å². The van der Waals surface area contributed by atoms with Gasteiger partial charge in [-0.2, -0.15) is 0 Å². The number of benzene rings is 4. The molecule has 0 saturated carbocycles. The summed E-state index contributed by atoms with van der Waals surface area (Å²) in [5.41, 5.74) is 12.9. The van der Waals surface area contributed by atoms with Gasteiger partial charge in [0.05, 0.1) is 16.7 Å². The molecule has 0 saturated heterocycles. The van der Waals surface area contributed by atoms with Crippen LogP contribution in [0.2, 0.25) is 0 Å². The molecule has 0 bridgehead atoms. The Morgan fingerprint density at radius 3 is 2.23 bits per heavy atom. The fourth-order valence-electron chi connectivity index (χ4n) is 6.50. The van der Waals surface area contributed by atoms with E-state index in [0.717, 1.165) is 19.3 Å². The molecule has 0 atom stereocenters. The molecule has 2 aliphatic rings. The van der Waals surface area contributed by atoms with Crippen LogP contribution in [0, 0.1) is 0 Å². The van der Waals surface area contributed by atoms with E-state index in [1.807, 2.05) is 0 Å². The van der Waals surface area contributed by atoms with Crippen molar-refractivity contribution in [1.29, 1.82) is 0 Å². The van der Waals surface area contributed by atoms with Crippen LogP contribution in [0.5, 0.6) is 0 Å². The largest absolute Gasteiger partial charge is 0.310 e. The van der Waals surface area contributed by atoms with Crippen molar-refractivity contribution in [2.24, 2.45) is 0 Å². The molecule has 2 aliphatic carbocycles. The zero-order chi connectivity index (χ0) is 25.8. The van der Waals surface area contributed by atoms with Crippen LogP contribution >= 0.6 is 0 Å². The normalized spacial score (nSPS) is 14.1. The lowest BCUT2D eigenvalue weighted by Gasteiger charge is -2.14. The first-order valence-electron chi connectivity index (χ1n) is 13.8. The van der Waals surface area contributed by atoms with E-state index in [9.17, 15) is 0 Å². The molecule has 0 amide bonds. The van der Waals surface area contributed by atoms with Crippen molar-refractivity contribution in [3.05, 3.63) is 144 Å². The van der Waals surface area contributed by atoms with Crippen molar-refractivity contribution in [3.63, 3.8) is 0 Å². The zero-order valence-electron chi connectivity index (χ0n) is 21.7. The lowest BCUT2D eigenvalue weighted by Crippen LogP contribution is -2.00. The Bertz CT molecular complexity index is 1980. The Labute approximate surface area is 228 Å². The summed E-state index contributed by atoms with van der Waals surface area (Å²) in [6.07, 6.45) is 16.6. The minimum Gasteiger partial charge on any atom is -0.310 e. The molecule has 2 nitrogen and oxygen atoms in total. The number of aryl methyl sites for hydroxylation is 1. The second-order valence-electron chi connectivity index (χ2n) is 10.5. The fraction of sp³-hybridized carbons (Fsp3) is 0.0811. The predicted octanol–water partition coefficient (Wildman–Crippen LogP) is 9.33. The third-order valence-electron chi connectivity index (χ3n) is 8.24. The molecule has 0 fully saturated rings. The summed E-state index contributed by atoms with van der Waals surface area (Å²) in [6, 6.07) is 35.5. The SMILES string of the molecule is C1=CCc2c(n(-c3ccccc3)c3ccc(-c4cccc(-n5c6c(c7ccccc75)CCC=C6)c4)cc23)C=C1. The fourth-order valence-corrected chi connectivity index (χ4v) is 6.50. The summed E-state index contributed by atoms with van der Waals surface area (Å²) in [5.74, 6) is 0. The van der Waals surface area contributed by atoms with Gasteiger partial charge in [0.2, 0.25) is 0 Å². The Morgan fingerprint density at radius 1 is 0.513 bits per heavy atom. The van der Waals surface area contributed by atoms with Crippen molar-refractivity contribution in [2.45, 2.75) is 19.3 Å². The van der Waals surface area contributed by atoms with Crippen molar-refractivity contribution in [3.8, 4) is 22.5 Å². The number of aromatic nitrogens is 2. The molecule has 186 valence electrons. The number of hydrogen-bond donors (Lipinski definition) is 0. The monoisotopic (exact) mass is 500 g/mol. The minimum atomic E-state index is 0.927. The molecular weight excluding hydrogens is 472 g/mol. The van der Waals surface area contributed by atoms with Crippen LogP contribution in [0.1, 0.15) is 28.9 Å². The van der Waals surface area contributed by atoms with Gasteiger partial charge in [-0.15, -0.1) is 0 Å². The Morgan fingerprint density at radius 2 is 1.28 bits per heavy atom. The maximum absolute atomic E-state index is 2.44. The van der Waals surface area contributed by atoms with Gasteiger partial charge in [-0.25, -0.2) is 0 Å². The van der Waals surface area contributed by atoms with Crippen LogP contribution in [0.15, 0.2) is 121 Å². The maximum Gasteiger partial charge on any atom is 0.0538 e. The lowest BCUT2D eigenvalue weighted by atomic mass is 10.00. The van der Waals surface area contributed by atoms with Gasteiger partial charge in [-0.1, -0.05) is 78.9 Å². The number of fused-ring (bicyclic) bond motifs is 6. The van der Waals surface area contributed by atoms with E-state index in [-0.39, 0.29) is 0 Å². The molecule has 2 heterocycles. The Kier molecular flexibility index (Phi) is 5.06.